The molecule has 2 N–H and O–H groups in total. The Morgan fingerprint density at radius 1 is 1.43 bits per heavy atom. The maximum Gasteiger partial charge on any atom is 0.133 e. The zero-order valence-corrected chi connectivity index (χ0v) is 9.30. The van der Waals surface area contributed by atoms with E-state index >= 15 is 0 Å². The van der Waals surface area contributed by atoms with E-state index < -0.39 is 0 Å². The van der Waals surface area contributed by atoms with Gasteiger partial charge in [0.05, 0.1) is 0 Å². The van der Waals surface area contributed by atoms with E-state index in [-0.39, 0.29) is 0 Å². The van der Waals surface area contributed by atoms with Gasteiger partial charge < -0.3 is 5.73 Å². The second-order valence-corrected chi connectivity index (χ2v) is 3.76. The summed E-state index contributed by atoms with van der Waals surface area (Å²) in [6.45, 7) is 6.50. The van der Waals surface area contributed by atoms with Crippen LogP contribution in [0.5, 0.6) is 0 Å². The van der Waals surface area contributed by atoms with Gasteiger partial charge >= 0.3 is 0 Å². The second-order valence-electron chi connectivity index (χ2n) is 3.76. The van der Waals surface area contributed by atoms with Crippen LogP contribution < -0.4 is 5.73 Å². The Kier molecular flexibility index (Phi) is 8.54. The molecule has 0 radical (unpaired) electrons. The zero-order chi connectivity index (χ0) is 10.8. The molecule has 0 aliphatic rings. The molecule has 0 aromatic carbocycles. The third kappa shape index (κ3) is 6.84. The molecule has 2 heteroatoms. The first-order valence-corrected chi connectivity index (χ1v) is 5.57. The summed E-state index contributed by atoms with van der Waals surface area (Å²) in [6.07, 6.45) is 7.16. The van der Waals surface area contributed by atoms with Gasteiger partial charge in [-0.05, 0) is 31.7 Å². The van der Waals surface area contributed by atoms with Crippen LogP contribution in [0.25, 0.3) is 0 Å². The topological polar surface area (TPSA) is 43.1 Å². The van der Waals surface area contributed by atoms with Gasteiger partial charge in [-0.25, -0.2) is 0 Å². The molecule has 82 valence electrons. The van der Waals surface area contributed by atoms with Crippen LogP contribution in [-0.4, -0.2) is 12.3 Å². The fraction of sp³-hybridized carbons (Fsp3) is 0.750. The number of rotatable bonds is 9. The minimum Gasteiger partial charge on any atom is -0.330 e. The highest BCUT2D eigenvalue weighted by atomic mass is 16.1. The third-order valence-electron chi connectivity index (χ3n) is 2.61. The van der Waals surface area contributed by atoms with Crippen molar-refractivity contribution in [3.63, 3.8) is 0 Å². The Balaban J connectivity index is 3.56. The zero-order valence-electron chi connectivity index (χ0n) is 9.30. The molecule has 0 saturated heterocycles. The molecule has 0 spiro atoms. The van der Waals surface area contributed by atoms with E-state index in [0.717, 1.165) is 32.2 Å². The van der Waals surface area contributed by atoms with Gasteiger partial charge in [0.2, 0.25) is 0 Å². The Morgan fingerprint density at radius 2 is 2.14 bits per heavy atom. The first kappa shape index (κ1) is 13.4. The monoisotopic (exact) mass is 197 g/mol. The molecule has 1 atom stereocenters. The lowest BCUT2D eigenvalue weighted by Crippen LogP contribution is -2.10. The molecule has 0 aliphatic heterocycles. The molecule has 0 bridgehead atoms. The maximum absolute atomic E-state index is 11.3. The summed E-state index contributed by atoms with van der Waals surface area (Å²) < 4.78 is 0. The van der Waals surface area contributed by atoms with Crippen molar-refractivity contribution in [1.29, 1.82) is 0 Å². The second kappa shape index (κ2) is 8.95. The number of allylic oxidation sites excluding steroid dienone is 1. The maximum atomic E-state index is 11.3. The van der Waals surface area contributed by atoms with E-state index in [0.29, 0.717) is 24.5 Å². The normalized spacial score (nSPS) is 12.4. The van der Waals surface area contributed by atoms with Gasteiger partial charge in [-0.3, -0.25) is 4.79 Å². The molecule has 0 aromatic rings. The molecule has 0 saturated carbocycles. The van der Waals surface area contributed by atoms with Crippen LogP contribution in [-0.2, 0) is 4.79 Å². The van der Waals surface area contributed by atoms with Crippen LogP contribution >= 0.6 is 0 Å². The molecule has 0 aromatic heterocycles. The molecule has 0 amide bonds. The summed E-state index contributed by atoms with van der Waals surface area (Å²) in [5.41, 5.74) is 5.49. The summed E-state index contributed by atoms with van der Waals surface area (Å²) in [4.78, 5) is 11.3. The van der Waals surface area contributed by atoms with E-state index in [1.807, 2.05) is 0 Å². The van der Waals surface area contributed by atoms with Crippen molar-refractivity contribution < 1.29 is 4.79 Å². The first-order valence-electron chi connectivity index (χ1n) is 5.57. The van der Waals surface area contributed by atoms with Crippen molar-refractivity contribution in [3.8, 4) is 0 Å². The number of hydrogen-bond donors (Lipinski definition) is 1. The van der Waals surface area contributed by atoms with E-state index in [1.54, 1.807) is 6.08 Å². The molecular weight excluding hydrogens is 174 g/mol. The summed E-state index contributed by atoms with van der Waals surface area (Å²) in [7, 11) is 0. The van der Waals surface area contributed by atoms with E-state index in [2.05, 4.69) is 13.5 Å². The van der Waals surface area contributed by atoms with Crippen LogP contribution in [0.2, 0.25) is 0 Å². The van der Waals surface area contributed by atoms with Gasteiger partial charge in [-0.2, -0.15) is 0 Å². The number of nitrogens with two attached hydrogens (primary N) is 1. The summed E-state index contributed by atoms with van der Waals surface area (Å²) >= 11 is 0. The lowest BCUT2D eigenvalue weighted by Gasteiger charge is -2.12. The Morgan fingerprint density at radius 3 is 2.64 bits per heavy atom. The Labute approximate surface area is 87.6 Å². The van der Waals surface area contributed by atoms with Crippen LogP contribution in [0, 0.1) is 5.92 Å². The highest BCUT2D eigenvalue weighted by molar-refractivity contribution is 5.78. The van der Waals surface area contributed by atoms with Crippen molar-refractivity contribution in [2.24, 2.45) is 11.7 Å². The van der Waals surface area contributed by atoms with E-state index in [4.69, 9.17) is 5.73 Å². The van der Waals surface area contributed by atoms with E-state index in [9.17, 15) is 4.79 Å². The molecule has 0 aliphatic carbocycles. The predicted molar refractivity (Wildman–Crippen MR) is 61.1 cm³/mol. The van der Waals surface area contributed by atoms with E-state index in [1.165, 1.54) is 0 Å². The quantitative estimate of drug-likeness (QED) is 0.577. The smallest absolute Gasteiger partial charge is 0.133 e. The van der Waals surface area contributed by atoms with Crippen LogP contribution in [0.15, 0.2) is 12.7 Å². The lowest BCUT2D eigenvalue weighted by atomic mass is 9.94. The highest BCUT2D eigenvalue weighted by Crippen LogP contribution is 2.15. The van der Waals surface area contributed by atoms with Crippen LogP contribution in [0.3, 0.4) is 0 Å². The standard InChI is InChI=1S/C12H23NO/c1-3-5-6-12(14)8-7-11(4-2)9-10-13/h3,11H,1,4-10,13H2,2H3. The molecule has 0 heterocycles. The van der Waals surface area contributed by atoms with Crippen molar-refractivity contribution in [3.05, 3.63) is 12.7 Å². The summed E-state index contributed by atoms with van der Waals surface area (Å²) in [5.74, 6) is 0.994. The van der Waals surface area contributed by atoms with Gasteiger partial charge in [-0.1, -0.05) is 19.4 Å². The SMILES string of the molecule is C=CCCC(=O)CCC(CC)CCN. The number of carbonyl (C=O) groups excluding carboxylic acids is 1. The van der Waals surface area contributed by atoms with Gasteiger partial charge in [0.15, 0.2) is 0 Å². The number of ketones is 1. The largest absolute Gasteiger partial charge is 0.330 e. The minimum absolute atomic E-state index is 0.361. The van der Waals surface area contributed by atoms with Crippen LogP contribution in [0.4, 0.5) is 0 Å². The van der Waals surface area contributed by atoms with Gasteiger partial charge in [0.1, 0.15) is 5.78 Å². The minimum atomic E-state index is 0.361. The van der Waals surface area contributed by atoms with Gasteiger partial charge in [0, 0.05) is 12.8 Å². The summed E-state index contributed by atoms with van der Waals surface area (Å²) in [6, 6.07) is 0. The molecule has 1 unspecified atom stereocenters. The number of carbonyl (C=O) groups is 1. The Hall–Kier alpha value is -0.630. The predicted octanol–water partition coefficient (Wildman–Crippen LogP) is 2.68. The van der Waals surface area contributed by atoms with Crippen molar-refractivity contribution in [2.45, 2.75) is 45.4 Å². The van der Waals surface area contributed by atoms with Crippen LogP contribution in [0.1, 0.15) is 45.4 Å². The average Bonchev–Trinajstić information content (AvgIpc) is 2.21. The molecular formula is C12H23NO. The number of Topliss-reactive ketones (excluding diaryl/α,β-unsaturated/α-hetero) is 1. The fourth-order valence-corrected chi connectivity index (χ4v) is 1.54. The molecule has 2 nitrogen and oxygen atoms in total. The van der Waals surface area contributed by atoms with Gasteiger partial charge in [-0.15, -0.1) is 6.58 Å². The number of hydrogen-bond acceptors (Lipinski definition) is 2. The van der Waals surface area contributed by atoms with Crippen molar-refractivity contribution in [2.75, 3.05) is 6.54 Å². The Bertz CT molecular complexity index is 166. The van der Waals surface area contributed by atoms with Crippen molar-refractivity contribution in [1.82, 2.24) is 0 Å². The fourth-order valence-electron chi connectivity index (χ4n) is 1.54. The first-order chi connectivity index (χ1) is 6.74. The lowest BCUT2D eigenvalue weighted by molar-refractivity contribution is -0.119. The average molecular weight is 197 g/mol. The molecule has 0 fully saturated rings. The van der Waals surface area contributed by atoms with Gasteiger partial charge in [0.25, 0.3) is 0 Å². The molecule has 14 heavy (non-hydrogen) atoms. The third-order valence-corrected chi connectivity index (χ3v) is 2.61. The van der Waals surface area contributed by atoms with Crippen molar-refractivity contribution >= 4 is 5.78 Å². The highest BCUT2D eigenvalue weighted by Gasteiger charge is 2.08. The molecule has 0 rings (SSSR count). The summed E-state index contributed by atoms with van der Waals surface area (Å²) in [5, 5.41) is 0.